The van der Waals surface area contributed by atoms with Crippen LogP contribution in [0.15, 0.2) is 29.2 Å². The molecule has 0 radical (unpaired) electrons. The molecule has 1 aliphatic rings. The van der Waals surface area contributed by atoms with Crippen LogP contribution in [0.1, 0.15) is 56.8 Å². The van der Waals surface area contributed by atoms with Crippen LogP contribution in [0.5, 0.6) is 0 Å². The predicted octanol–water partition coefficient (Wildman–Crippen LogP) is 3.03. The molecule has 134 valence electrons. The standard InChI is InChI=1S/C18H28N2O3S/c1-4-20(5-2)24(22,23)17-11-9-15(10-12-17)18(21)19-16-8-6-7-14(3)13-16/h9-12,14,16H,4-8,13H2,1-3H3,(H,19,21). The highest BCUT2D eigenvalue weighted by atomic mass is 32.2. The van der Waals surface area contributed by atoms with Crippen LogP contribution in [-0.4, -0.2) is 37.8 Å². The molecule has 0 bridgehead atoms. The summed E-state index contributed by atoms with van der Waals surface area (Å²) in [5.41, 5.74) is 0.506. The van der Waals surface area contributed by atoms with Crippen molar-refractivity contribution in [3.63, 3.8) is 0 Å². The Morgan fingerprint density at radius 3 is 2.33 bits per heavy atom. The summed E-state index contributed by atoms with van der Waals surface area (Å²) in [5, 5.41) is 3.07. The number of carbonyl (C=O) groups excluding carboxylic acids is 1. The largest absolute Gasteiger partial charge is 0.349 e. The van der Waals surface area contributed by atoms with Gasteiger partial charge in [-0.1, -0.05) is 33.6 Å². The van der Waals surface area contributed by atoms with Gasteiger partial charge in [-0.3, -0.25) is 4.79 Å². The zero-order chi connectivity index (χ0) is 17.7. The van der Waals surface area contributed by atoms with E-state index in [4.69, 9.17) is 0 Å². The van der Waals surface area contributed by atoms with Crippen LogP contribution >= 0.6 is 0 Å². The molecule has 2 unspecified atom stereocenters. The number of carbonyl (C=O) groups is 1. The molecule has 2 atom stereocenters. The lowest BCUT2D eigenvalue weighted by Gasteiger charge is -2.27. The molecule has 1 aromatic carbocycles. The van der Waals surface area contributed by atoms with Crippen molar-refractivity contribution in [3.05, 3.63) is 29.8 Å². The lowest BCUT2D eigenvalue weighted by Crippen LogP contribution is -2.38. The van der Waals surface area contributed by atoms with E-state index in [1.807, 2.05) is 13.8 Å². The van der Waals surface area contributed by atoms with Crippen LogP contribution < -0.4 is 5.32 Å². The highest BCUT2D eigenvalue weighted by Gasteiger charge is 2.23. The zero-order valence-corrected chi connectivity index (χ0v) is 15.6. The molecule has 24 heavy (non-hydrogen) atoms. The second kappa shape index (κ2) is 8.12. The molecule has 6 heteroatoms. The van der Waals surface area contributed by atoms with Gasteiger partial charge in [0.2, 0.25) is 10.0 Å². The summed E-state index contributed by atoms with van der Waals surface area (Å²) in [6.45, 7) is 6.70. The summed E-state index contributed by atoms with van der Waals surface area (Å²) in [7, 11) is -3.48. The van der Waals surface area contributed by atoms with Gasteiger partial charge in [-0.05, 0) is 43.0 Å². The van der Waals surface area contributed by atoms with E-state index in [1.165, 1.54) is 22.9 Å². The Morgan fingerprint density at radius 2 is 1.79 bits per heavy atom. The fraction of sp³-hybridized carbons (Fsp3) is 0.611. The average Bonchev–Trinajstić information content (AvgIpc) is 2.56. The molecule has 0 aromatic heterocycles. The Kier molecular flexibility index (Phi) is 6.40. The third-order valence-electron chi connectivity index (χ3n) is 4.73. The Hall–Kier alpha value is -1.40. The minimum absolute atomic E-state index is 0.124. The number of amides is 1. The molecule has 5 nitrogen and oxygen atoms in total. The van der Waals surface area contributed by atoms with E-state index in [-0.39, 0.29) is 16.8 Å². The summed E-state index contributed by atoms with van der Waals surface area (Å²) in [4.78, 5) is 12.6. The van der Waals surface area contributed by atoms with Crippen LogP contribution in [0.4, 0.5) is 0 Å². The van der Waals surface area contributed by atoms with Crippen molar-refractivity contribution in [2.24, 2.45) is 5.92 Å². The van der Waals surface area contributed by atoms with Gasteiger partial charge in [0.15, 0.2) is 0 Å². The van der Waals surface area contributed by atoms with E-state index >= 15 is 0 Å². The number of hydrogen-bond acceptors (Lipinski definition) is 3. The third kappa shape index (κ3) is 4.36. The summed E-state index contributed by atoms with van der Waals surface area (Å²) >= 11 is 0. The van der Waals surface area contributed by atoms with E-state index in [9.17, 15) is 13.2 Å². The van der Waals surface area contributed by atoms with Gasteiger partial charge in [0.05, 0.1) is 4.90 Å². The number of nitrogens with one attached hydrogen (secondary N) is 1. The van der Waals surface area contributed by atoms with Gasteiger partial charge in [0, 0.05) is 24.7 Å². The maximum atomic E-state index is 12.5. The van der Waals surface area contributed by atoms with Crippen molar-refractivity contribution in [2.75, 3.05) is 13.1 Å². The van der Waals surface area contributed by atoms with Crippen molar-refractivity contribution in [1.82, 2.24) is 9.62 Å². The minimum atomic E-state index is -3.48. The number of nitrogens with zero attached hydrogens (tertiary/aromatic N) is 1. The predicted molar refractivity (Wildman–Crippen MR) is 95.4 cm³/mol. The number of hydrogen-bond donors (Lipinski definition) is 1. The first-order valence-corrected chi connectivity index (χ1v) is 10.2. The third-order valence-corrected chi connectivity index (χ3v) is 6.80. The number of benzene rings is 1. The van der Waals surface area contributed by atoms with Crippen LogP contribution in [0.3, 0.4) is 0 Å². The summed E-state index contributed by atoms with van der Waals surface area (Å²) in [6, 6.07) is 6.45. The Labute approximate surface area is 145 Å². The first kappa shape index (κ1) is 18.9. The Bertz CT molecular complexity index is 651. The highest BCUT2D eigenvalue weighted by molar-refractivity contribution is 7.89. The molecule has 1 aromatic rings. The molecule has 1 saturated carbocycles. The second-order valence-corrected chi connectivity index (χ2v) is 8.49. The van der Waals surface area contributed by atoms with Gasteiger partial charge in [0.1, 0.15) is 0 Å². The van der Waals surface area contributed by atoms with Gasteiger partial charge < -0.3 is 5.32 Å². The monoisotopic (exact) mass is 352 g/mol. The van der Waals surface area contributed by atoms with E-state index in [1.54, 1.807) is 12.1 Å². The SMILES string of the molecule is CCN(CC)S(=O)(=O)c1ccc(C(=O)NC2CCCC(C)C2)cc1. The summed E-state index contributed by atoms with van der Waals surface area (Å²) in [5.74, 6) is 0.520. The fourth-order valence-electron chi connectivity index (χ4n) is 3.32. The Morgan fingerprint density at radius 1 is 1.17 bits per heavy atom. The molecule has 1 aliphatic carbocycles. The topological polar surface area (TPSA) is 66.5 Å². The van der Waals surface area contributed by atoms with Gasteiger partial charge in [-0.25, -0.2) is 8.42 Å². The molecule has 0 spiro atoms. The molecule has 1 amide bonds. The quantitative estimate of drug-likeness (QED) is 0.856. The van der Waals surface area contributed by atoms with E-state index < -0.39 is 10.0 Å². The van der Waals surface area contributed by atoms with Crippen LogP contribution in [0.25, 0.3) is 0 Å². The first-order chi connectivity index (χ1) is 11.4. The summed E-state index contributed by atoms with van der Waals surface area (Å²) < 4.78 is 26.3. The van der Waals surface area contributed by atoms with Crippen molar-refractivity contribution in [2.45, 2.75) is 57.4 Å². The van der Waals surface area contributed by atoms with Gasteiger partial charge in [-0.2, -0.15) is 4.31 Å². The lowest BCUT2D eigenvalue weighted by molar-refractivity contribution is 0.0921. The molecular formula is C18H28N2O3S. The second-order valence-electron chi connectivity index (χ2n) is 6.56. The smallest absolute Gasteiger partial charge is 0.251 e. The van der Waals surface area contributed by atoms with Crippen molar-refractivity contribution < 1.29 is 13.2 Å². The van der Waals surface area contributed by atoms with Gasteiger partial charge in [-0.15, -0.1) is 0 Å². The molecule has 1 fully saturated rings. The first-order valence-electron chi connectivity index (χ1n) is 8.79. The van der Waals surface area contributed by atoms with Crippen LogP contribution in [0.2, 0.25) is 0 Å². The molecule has 0 aliphatic heterocycles. The van der Waals surface area contributed by atoms with E-state index in [0.717, 1.165) is 19.3 Å². The van der Waals surface area contributed by atoms with Gasteiger partial charge >= 0.3 is 0 Å². The van der Waals surface area contributed by atoms with Gasteiger partial charge in [0.25, 0.3) is 5.91 Å². The normalized spacial score (nSPS) is 21.7. The minimum Gasteiger partial charge on any atom is -0.349 e. The van der Waals surface area contributed by atoms with Crippen molar-refractivity contribution in [3.8, 4) is 0 Å². The molecule has 1 N–H and O–H groups in total. The molecule has 2 rings (SSSR count). The van der Waals surface area contributed by atoms with Crippen LogP contribution in [0, 0.1) is 5.92 Å². The maximum Gasteiger partial charge on any atom is 0.251 e. The highest BCUT2D eigenvalue weighted by Crippen LogP contribution is 2.24. The maximum absolute atomic E-state index is 12.5. The number of rotatable bonds is 6. The van der Waals surface area contributed by atoms with E-state index in [0.29, 0.717) is 24.6 Å². The van der Waals surface area contributed by atoms with Crippen molar-refractivity contribution in [1.29, 1.82) is 0 Å². The van der Waals surface area contributed by atoms with Crippen LogP contribution in [-0.2, 0) is 10.0 Å². The summed E-state index contributed by atoms with van der Waals surface area (Å²) in [6.07, 6.45) is 4.40. The number of sulfonamides is 1. The molecule has 0 saturated heterocycles. The Balaban J connectivity index is 2.07. The molecule has 0 heterocycles. The lowest BCUT2D eigenvalue weighted by atomic mass is 9.87. The van der Waals surface area contributed by atoms with E-state index in [2.05, 4.69) is 12.2 Å². The molecular weight excluding hydrogens is 324 g/mol. The zero-order valence-electron chi connectivity index (χ0n) is 14.8. The fourth-order valence-corrected chi connectivity index (χ4v) is 4.78. The van der Waals surface area contributed by atoms with Crippen molar-refractivity contribution >= 4 is 15.9 Å². The average molecular weight is 353 g/mol.